The SMILES string of the molecule is CCCC(CCC)N1C(=O)NC2=CCC(C#N)CC21. The summed E-state index contributed by atoms with van der Waals surface area (Å²) in [6.45, 7) is 4.32. The number of carbonyl (C=O) groups excluding carboxylic acids is 1. The summed E-state index contributed by atoms with van der Waals surface area (Å²) in [5, 5.41) is 12.1. The lowest BCUT2D eigenvalue weighted by molar-refractivity contribution is 0.158. The van der Waals surface area contributed by atoms with Crippen molar-refractivity contribution in [2.24, 2.45) is 5.92 Å². The summed E-state index contributed by atoms with van der Waals surface area (Å²) in [7, 11) is 0. The lowest BCUT2D eigenvalue weighted by atomic mass is 9.89. The van der Waals surface area contributed by atoms with Crippen molar-refractivity contribution in [3.05, 3.63) is 11.8 Å². The van der Waals surface area contributed by atoms with Crippen LogP contribution in [0.25, 0.3) is 0 Å². The number of hydrogen-bond donors (Lipinski definition) is 1. The Kier molecular flexibility index (Phi) is 4.47. The third kappa shape index (κ3) is 2.75. The van der Waals surface area contributed by atoms with Gasteiger partial charge in [0.15, 0.2) is 0 Å². The highest BCUT2D eigenvalue weighted by Gasteiger charge is 2.41. The Labute approximate surface area is 115 Å². The van der Waals surface area contributed by atoms with E-state index in [9.17, 15) is 4.79 Å². The zero-order valence-electron chi connectivity index (χ0n) is 11.9. The number of nitrogens with zero attached hydrogens (tertiary/aromatic N) is 2. The van der Waals surface area contributed by atoms with E-state index < -0.39 is 0 Å². The minimum atomic E-state index is 0.0294. The van der Waals surface area contributed by atoms with Gasteiger partial charge in [0.2, 0.25) is 0 Å². The van der Waals surface area contributed by atoms with Crippen molar-refractivity contribution in [3.63, 3.8) is 0 Å². The highest BCUT2D eigenvalue weighted by molar-refractivity contribution is 5.81. The Morgan fingerprint density at radius 2 is 2.16 bits per heavy atom. The summed E-state index contributed by atoms with van der Waals surface area (Å²) < 4.78 is 0. The van der Waals surface area contributed by atoms with Gasteiger partial charge in [0.25, 0.3) is 0 Å². The fourth-order valence-corrected chi connectivity index (χ4v) is 3.24. The zero-order valence-corrected chi connectivity index (χ0v) is 11.9. The van der Waals surface area contributed by atoms with Gasteiger partial charge in [0.1, 0.15) is 0 Å². The molecule has 1 aliphatic heterocycles. The minimum Gasteiger partial charge on any atom is -0.313 e. The Balaban J connectivity index is 2.18. The van der Waals surface area contributed by atoms with Crippen LogP contribution in [0.1, 0.15) is 52.4 Å². The number of hydrogen-bond acceptors (Lipinski definition) is 2. The van der Waals surface area contributed by atoms with Crippen LogP contribution in [-0.4, -0.2) is 23.0 Å². The van der Waals surface area contributed by atoms with Gasteiger partial charge in [0, 0.05) is 11.7 Å². The molecule has 1 aliphatic carbocycles. The van der Waals surface area contributed by atoms with E-state index in [1.54, 1.807) is 0 Å². The van der Waals surface area contributed by atoms with Gasteiger partial charge in [-0.1, -0.05) is 32.8 Å². The molecule has 4 nitrogen and oxygen atoms in total. The molecule has 0 saturated carbocycles. The highest BCUT2D eigenvalue weighted by Crippen LogP contribution is 2.33. The first-order chi connectivity index (χ1) is 9.21. The molecule has 2 amide bonds. The normalized spacial score (nSPS) is 25.9. The fraction of sp³-hybridized carbons (Fsp3) is 0.733. The lowest BCUT2D eigenvalue weighted by Crippen LogP contribution is -2.43. The molecule has 19 heavy (non-hydrogen) atoms. The van der Waals surface area contributed by atoms with Crippen molar-refractivity contribution in [3.8, 4) is 6.07 Å². The van der Waals surface area contributed by atoms with Crippen molar-refractivity contribution >= 4 is 6.03 Å². The molecule has 1 fully saturated rings. The van der Waals surface area contributed by atoms with Gasteiger partial charge in [-0.25, -0.2) is 4.79 Å². The van der Waals surface area contributed by atoms with Crippen molar-refractivity contribution in [2.45, 2.75) is 64.5 Å². The number of nitriles is 1. The summed E-state index contributed by atoms with van der Waals surface area (Å²) in [5.41, 5.74) is 1.02. The van der Waals surface area contributed by atoms with Crippen molar-refractivity contribution in [2.75, 3.05) is 0 Å². The van der Waals surface area contributed by atoms with Crippen LogP contribution in [0.5, 0.6) is 0 Å². The second-order valence-electron chi connectivity index (χ2n) is 5.54. The van der Waals surface area contributed by atoms with Crippen molar-refractivity contribution in [1.29, 1.82) is 5.26 Å². The van der Waals surface area contributed by atoms with Crippen LogP contribution in [0.2, 0.25) is 0 Å². The summed E-state index contributed by atoms with van der Waals surface area (Å²) in [6.07, 6.45) is 7.84. The van der Waals surface area contributed by atoms with Crippen molar-refractivity contribution in [1.82, 2.24) is 10.2 Å². The molecule has 0 bridgehead atoms. The van der Waals surface area contributed by atoms with Gasteiger partial charge < -0.3 is 10.2 Å². The molecule has 0 spiro atoms. The van der Waals surface area contributed by atoms with Crippen LogP contribution in [0.3, 0.4) is 0 Å². The van der Waals surface area contributed by atoms with E-state index in [-0.39, 0.29) is 18.0 Å². The Hall–Kier alpha value is -1.50. The first-order valence-corrected chi connectivity index (χ1v) is 7.40. The van der Waals surface area contributed by atoms with Crippen LogP contribution in [-0.2, 0) is 0 Å². The van der Waals surface area contributed by atoms with Gasteiger partial charge in [-0.2, -0.15) is 5.26 Å². The Bertz CT molecular complexity index is 404. The molecule has 1 N–H and O–H groups in total. The molecule has 2 unspecified atom stereocenters. The van der Waals surface area contributed by atoms with E-state index >= 15 is 0 Å². The predicted octanol–water partition coefficient (Wildman–Crippen LogP) is 3.17. The maximum Gasteiger partial charge on any atom is 0.322 e. The molecule has 1 saturated heterocycles. The number of nitrogens with one attached hydrogen (secondary N) is 1. The predicted molar refractivity (Wildman–Crippen MR) is 74.2 cm³/mol. The third-order valence-electron chi connectivity index (χ3n) is 4.13. The molecule has 1 heterocycles. The van der Waals surface area contributed by atoms with Crippen LogP contribution in [0, 0.1) is 17.2 Å². The molecule has 0 radical (unpaired) electrons. The summed E-state index contributed by atoms with van der Waals surface area (Å²) in [6, 6.07) is 2.79. The molecule has 0 aromatic carbocycles. The van der Waals surface area contributed by atoms with Crippen LogP contribution < -0.4 is 5.32 Å². The number of carbonyl (C=O) groups is 1. The number of amides is 2. The molecular formula is C15H23N3O. The molecule has 0 aromatic rings. The molecule has 2 rings (SSSR count). The van der Waals surface area contributed by atoms with Gasteiger partial charge in [-0.05, 0) is 25.7 Å². The smallest absolute Gasteiger partial charge is 0.313 e. The molecule has 0 aromatic heterocycles. The van der Waals surface area contributed by atoms with Crippen molar-refractivity contribution < 1.29 is 4.79 Å². The molecule has 2 atom stereocenters. The van der Waals surface area contributed by atoms with E-state index in [1.165, 1.54) is 0 Å². The average Bonchev–Trinajstić information content (AvgIpc) is 2.73. The Morgan fingerprint density at radius 1 is 1.47 bits per heavy atom. The van der Waals surface area contributed by atoms with E-state index in [0.29, 0.717) is 6.04 Å². The standard InChI is InChI=1S/C15H23N3O/c1-3-5-12(6-4-2)18-14-9-11(10-16)7-8-13(14)17-15(18)19/h8,11-12,14H,3-7,9H2,1-2H3,(H,17,19). The van der Waals surface area contributed by atoms with Gasteiger partial charge >= 0.3 is 6.03 Å². The highest BCUT2D eigenvalue weighted by atomic mass is 16.2. The Morgan fingerprint density at radius 3 is 2.74 bits per heavy atom. The topological polar surface area (TPSA) is 56.1 Å². The first-order valence-electron chi connectivity index (χ1n) is 7.40. The van der Waals surface area contributed by atoms with Gasteiger partial charge in [0.05, 0.1) is 18.0 Å². The number of allylic oxidation sites excluding steroid dienone is 1. The van der Waals surface area contributed by atoms with E-state index in [2.05, 4.69) is 25.2 Å². The first kappa shape index (κ1) is 13.9. The largest absolute Gasteiger partial charge is 0.322 e. The second-order valence-corrected chi connectivity index (χ2v) is 5.54. The average molecular weight is 261 g/mol. The lowest BCUT2D eigenvalue weighted by Gasteiger charge is -2.34. The quantitative estimate of drug-likeness (QED) is 0.826. The van der Waals surface area contributed by atoms with Gasteiger partial charge in [-0.15, -0.1) is 0 Å². The van der Waals surface area contributed by atoms with E-state index in [4.69, 9.17) is 5.26 Å². The molecule has 4 heteroatoms. The number of fused-ring (bicyclic) bond motifs is 1. The minimum absolute atomic E-state index is 0.0294. The second kappa shape index (κ2) is 6.10. The summed E-state index contributed by atoms with van der Waals surface area (Å²) in [5.74, 6) is 0.0489. The van der Waals surface area contributed by atoms with Crippen LogP contribution in [0.15, 0.2) is 11.8 Å². The van der Waals surface area contributed by atoms with Crippen LogP contribution in [0.4, 0.5) is 4.79 Å². The summed E-state index contributed by atoms with van der Waals surface area (Å²) in [4.78, 5) is 14.2. The maximum atomic E-state index is 12.2. The molecule has 104 valence electrons. The number of urea groups is 1. The molecular weight excluding hydrogens is 238 g/mol. The zero-order chi connectivity index (χ0) is 13.8. The monoisotopic (exact) mass is 261 g/mol. The maximum absolute atomic E-state index is 12.2. The van der Waals surface area contributed by atoms with E-state index in [1.807, 2.05) is 11.0 Å². The van der Waals surface area contributed by atoms with Gasteiger partial charge in [-0.3, -0.25) is 0 Å². The number of rotatable bonds is 5. The fourth-order valence-electron chi connectivity index (χ4n) is 3.24. The van der Waals surface area contributed by atoms with Crippen LogP contribution >= 0.6 is 0 Å². The molecule has 2 aliphatic rings. The third-order valence-corrected chi connectivity index (χ3v) is 4.13. The van der Waals surface area contributed by atoms with E-state index in [0.717, 1.165) is 44.2 Å². The summed E-state index contributed by atoms with van der Waals surface area (Å²) >= 11 is 0.